The van der Waals surface area contributed by atoms with Gasteiger partial charge in [0.1, 0.15) is 5.82 Å². The van der Waals surface area contributed by atoms with E-state index in [-0.39, 0.29) is 12.6 Å². The summed E-state index contributed by atoms with van der Waals surface area (Å²) in [6.07, 6.45) is 8.73. The maximum absolute atomic E-state index is 13.7. The fourth-order valence-electron chi connectivity index (χ4n) is 3.45. The summed E-state index contributed by atoms with van der Waals surface area (Å²) >= 11 is 1.58. The van der Waals surface area contributed by atoms with Gasteiger partial charge in [0.2, 0.25) is 0 Å². The van der Waals surface area contributed by atoms with Gasteiger partial charge in [-0.15, -0.1) is 0 Å². The molecule has 5 nitrogen and oxygen atoms in total. The molecule has 2 atom stereocenters. The maximum atomic E-state index is 13.7. The van der Waals surface area contributed by atoms with Crippen molar-refractivity contribution in [1.82, 2.24) is 10.3 Å². The molecular formula is C25H36FN5S. The van der Waals surface area contributed by atoms with E-state index in [4.69, 9.17) is 16.5 Å². The summed E-state index contributed by atoms with van der Waals surface area (Å²) in [7, 11) is 0. The van der Waals surface area contributed by atoms with Crippen molar-refractivity contribution in [3.05, 3.63) is 76.9 Å². The van der Waals surface area contributed by atoms with Crippen molar-refractivity contribution in [1.29, 1.82) is 0 Å². The van der Waals surface area contributed by atoms with Crippen LogP contribution < -0.4 is 21.7 Å². The zero-order valence-corrected chi connectivity index (χ0v) is 20.3. The van der Waals surface area contributed by atoms with Gasteiger partial charge in [0.25, 0.3) is 0 Å². The van der Waals surface area contributed by atoms with Gasteiger partial charge in [-0.2, -0.15) is 0 Å². The van der Waals surface area contributed by atoms with Crippen LogP contribution in [0, 0.1) is 0 Å². The molecule has 2 heterocycles. The van der Waals surface area contributed by atoms with E-state index in [1.165, 1.54) is 6.92 Å². The lowest BCUT2D eigenvalue weighted by atomic mass is 9.96. The number of fused-ring (bicyclic) bond motifs is 1. The number of aryl methyl sites for hydroxylation is 1. The third kappa shape index (κ3) is 7.08. The summed E-state index contributed by atoms with van der Waals surface area (Å²) in [6.45, 7) is 18.3. The highest BCUT2D eigenvalue weighted by molar-refractivity contribution is 8.07. The van der Waals surface area contributed by atoms with E-state index < -0.39 is 5.79 Å². The average molecular weight is 458 g/mol. The molecule has 0 amide bonds. The first-order chi connectivity index (χ1) is 15.1. The van der Waals surface area contributed by atoms with Crippen molar-refractivity contribution < 1.29 is 4.39 Å². The van der Waals surface area contributed by atoms with Crippen LogP contribution in [0.2, 0.25) is 0 Å². The Labute approximate surface area is 196 Å². The van der Waals surface area contributed by atoms with Gasteiger partial charge in [0.15, 0.2) is 5.79 Å². The molecule has 0 aliphatic carbocycles. The van der Waals surface area contributed by atoms with Gasteiger partial charge in [-0.05, 0) is 69.9 Å². The maximum Gasteiger partial charge on any atom is 0.173 e. The number of rotatable bonds is 11. The number of anilines is 1. The SMILES string of the molecule is C=C(C)/C(=C\C=C/C)SC(=C)N1c2nc(C(=C)NCC(C)(N)F)ccc2CCC1CCN. The molecule has 174 valence electrons. The summed E-state index contributed by atoms with van der Waals surface area (Å²) in [5.74, 6) is -0.992. The normalized spacial score (nSPS) is 18.2. The minimum Gasteiger partial charge on any atom is -0.379 e. The van der Waals surface area contributed by atoms with Gasteiger partial charge >= 0.3 is 0 Å². The van der Waals surface area contributed by atoms with Gasteiger partial charge in [0.05, 0.1) is 23.0 Å². The minimum atomic E-state index is -1.83. The Hall–Kier alpha value is -2.35. The number of nitrogens with two attached hydrogens (primary N) is 2. The topological polar surface area (TPSA) is 80.2 Å². The van der Waals surface area contributed by atoms with E-state index in [1.54, 1.807) is 11.8 Å². The van der Waals surface area contributed by atoms with Crippen molar-refractivity contribution >= 4 is 23.3 Å². The van der Waals surface area contributed by atoms with Crippen LogP contribution in [0.5, 0.6) is 0 Å². The van der Waals surface area contributed by atoms with Crippen molar-refractivity contribution in [3.8, 4) is 0 Å². The number of hydrogen-bond donors (Lipinski definition) is 3. The Bertz CT molecular complexity index is 913. The van der Waals surface area contributed by atoms with Crippen molar-refractivity contribution in [2.24, 2.45) is 11.5 Å². The third-order valence-electron chi connectivity index (χ3n) is 5.11. The molecule has 0 saturated heterocycles. The Balaban J connectivity index is 2.39. The van der Waals surface area contributed by atoms with Gasteiger partial charge < -0.3 is 16.0 Å². The molecule has 0 aromatic carbocycles. The summed E-state index contributed by atoms with van der Waals surface area (Å²) in [4.78, 5) is 8.12. The van der Waals surface area contributed by atoms with Gasteiger partial charge in [-0.3, -0.25) is 5.73 Å². The van der Waals surface area contributed by atoms with Crippen LogP contribution in [-0.2, 0) is 6.42 Å². The largest absolute Gasteiger partial charge is 0.379 e. The first-order valence-corrected chi connectivity index (χ1v) is 11.6. The lowest BCUT2D eigenvalue weighted by molar-refractivity contribution is 0.202. The number of aromatic nitrogens is 1. The average Bonchev–Trinajstić information content (AvgIpc) is 2.73. The fraction of sp³-hybridized carbons (Fsp3) is 0.400. The third-order valence-corrected chi connectivity index (χ3v) is 6.25. The zero-order chi connectivity index (χ0) is 23.9. The molecule has 0 fully saturated rings. The Morgan fingerprint density at radius 3 is 2.72 bits per heavy atom. The fourth-order valence-corrected chi connectivity index (χ4v) is 4.36. The number of pyridine rings is 1. The van der Waals surface area contributed by atoms with Crippen LogP contribution in [0.4, 0.5) is 10.2 Å². The summed E-state index contributed by atoms with van der Waals surface area (Å²) in [5.41, 5.74) is 14.7. The minimum absolute atomic E-state index is 0.0512. The molecule has 0 bridgehead atoms. The summed E-state index contributed by atoms with van der Waals surface area (Å²) in [6, 6.07) is 4.16. The molecular weight excluding hydrogens is 421 g/mol. The van der Waals surface area contributed by atoms with E-state index in [1.807, 2.05) is 38.1 Å². The highest BCUT2D eigenvalue weighted by Crippen LogP contribution is 2.40. The van der Waals surface area contributed by atoms with E-state index in [0.29, 0.717) is 17.9 Å². The predicted molar refractivity (Wildman–Crippen MR) is 138 cm³/mol. The quantitative estimate of drug-likeness (QED) is 0.321. The molecule has 1 aliphatic rings. The smallest absolute Gasteiger partial charge is 0.173 e. The van der Waals surface area contributed by atoms with Crippen LogP contribution >= 0.6 is 11.8 Å². The number of hydrogen-bond acceptors (Lipinski definition) is 6. The first-order valence-electron chi connectivity index (χ1n) is 10.8. The van der Waals surface area contributed by atoms with Gasteiger partial charge in [0, 0.05) is 10.9 Å². The molecule has 7 heteroatoms. The van der Waals surface area contributed by atoms with Crippen molar-refractivity contribution in [2.75, 3.05) is 18.0 Å². The Kier molecular flexibility index (Phi) is 9.31. The van der Waals surface area contributed by atoms with E-state index in [9.17, 15) is 4.39 Å². The number of allylic oxidation sites excluding steroid dienone is 4. The lowest BCUT2D eigenvalue weighted by Gasteiger charge is -2.39. The standard InChI is InChI=1S/C25H36FN5S/c1-7-8-9-23(17(2)3)32-19(5)31-21(14-15-27)12-10-20-11-13-22(30-24(20)31)18(4)29-16-25(6,26)28/h7-9,11,13,21,29H,2,4-5,10,12,14-16,27-28H2,1,3,6H3/b8-7-,23-9+. The van der Waals surface area contributed by atoms with Gasteiger partial charge in [-0.1, -0.05) is 49.7 Å². The van der Waals surface area contributed by atoms with Crippen LogP contribution in [0.25, 0.3) is 5.70 Å². The molecule has 0 spiro atoms. The Morgan fingerprint density at radius 2 is 2.12 bits per heavy atom. The highest BCUT2D eigenvalue weighted by atomic mass is 32.2. The van der Waals surface area contributed by atoms with Crippen molar-refractivity contribution in [2.45, 2.75) is 51.9 Å². The van der Waals surface area contributed by atoms with Gasteiger partial charge in [-0.25, -0.2) is 9.37 Å². The number of nitrogens with one attached hydrogen (secondary N) is 1. The molecule has 2 rings (SSSR count). The molecule has 0 saturated carbocycles. The number of alkyl halides is 1. The van der Waals surface area contributed by atoms with Crippen LogP contribution in [-0.4, -0.2) is 29.9 Å². The molecule has 2 unspecified atom stereocenters. The molecule has 1 aliphatic heterocycles. The number of thioether (sulfide) groups is 1. The lowest BCUT2D eigenvalue weighted by Crippen LogP contribution is -2.41. The molecule has 0 radical (unpaired) electrons. The first kappa shape index (κ1) is 25.9. The summed E-state index contributed by atoms with van der Waals surface area (Å²) < 4.78 is 13.7. The number of halogens is 1. The van der Waals surface area contributed by atoms with Crippen LogP contribution in [0.15, 0.2) is 65.6 Å². The van der Waals surface area contributed by atoms with Crippen molar-refractivity contribution in [3.63, 3.8) is 0 Å². The second-order valence-electron chi connectivity index (χ2n) is 8.26. The molecule has 5 N–H and O–H groups in total. The Morgan fingerprint density at radius 1 is 1.41 bits per heavy atom. The monoisotopic (exact) mass is 457 g/mol. The van der Waals surface area contributed by atoms with Crippen LogP contribution in [0.3, 0.4) is 0 Å². The second-order valence-corrected chi connectivity index (χ2v) is 9.38. The van der Waals surface area contributed by atoms with Crippen LogP contribution in [0.1, 0.15) is 44.9 Å². The van der Waals surface area contributed by atoms with E-state index >= 15 is 0 Å². The summed E-state index contributed by atoms with van der Waals surface area (Å²) in [5, 5.41) is 3.81. The zero-order valence-electron chi connectivity index (χ0n) is 19.5. The van der Waals surface area contributed by atoms with E-state index in [0.717, 1.165) is 46.2 Å². The molecule has 1 aromatic heterocycles. The second kappa shape index (κ2) is 11.5. The predicted octanol–water partition coefficient (Wildman–Crippen LogP) is 5.00. The number of nitrogens with zero attached hydrogens (tertiary/aromatic N) is 2. The molecule has 1 aromatic rings. The highest BCUT2D eigenvalue weighted by Gasteiger charge is 2.30. The van der Waals surface area contributed by atoms with E-state index in [2.05, 4.69) is 36.0 Å². The molecule has 32 heavy (non-hydrogen) atoms.